The first-order valence-corrected chi connectivity index (χ1v) is 10.1. The van der Waals surface area contributed by atoms with Crippen molar-refractivity contribution < 1.29 is 14.3 Å². The van der Waals surface area contributed by atoms with Crippen LogP contribution in [0.3, 0.4) is 0 Å². The molecule has 1 atom stereocenters. The van der Waals surface area contributed by atoms with E-state index in [1.54, 1.807) is 14.0 Å². The molecule has 0 spiro atoms. The number of carbonyl (C=O) groups excluding carboxylic acids is 1. The van der Waals surface area contributed by atoms with E-state index in [9.17, 15) is 4.79 Å². The highest BCUT2D eigenvalue weighted by atomic mass is 32.2. The zero-order valence-electron chi connectivity index (χ0n) is 16.4. The normalized spacial score (nSPS) is 11.9. The van der Waals surface area contributed by atoms with E-state index in [1.807, 2.05) is 59.2 Å². The second-order valence-corrected chi connectivity index (χ2v) is 7.66. The summed E-state index contributed by atoms with van der Waals surface area (Å²) in [6.07, 6.45) is 0. The zero-order chi connectivity index (χ0) is 20.6. The number of nitrogens with two attached hydrogens (primary N) is 1. The zero-order valence-corrected chi connectivity index (χ0v) is 17.3. The molecule has 1 heterocycles. The Morgan fingerprint density at radius 2 is 1.86 bits per heavy atom. The van der Waals surface area contributed by atoms with Crippen LogP contribution in [0.2, 0.25) is 0 Å². The highest BCUT2D eigenvalue weighted by Gasteiger charge is 2.19. The van der Waals surface area contributed by atoms with Gasteiger partial charge in [-0.1, -0.05) is 60.3 Å². The van der Waals surface area contributed by atoms with Crippen LogP contribution in [-0.4, -0.2) is 39.6 Å². The standard InChI is InChI=1S/C21H24N4O3S/c1-15(20(22)26)29-21-24-23-19(25(21)12-13-27-2)14-28-18-11-7-6-10-17(18)16-8-4-3-5-9-16/h3-11,15H,12-14H2,1-2H3,(H2,22,26). The fourth-order valence-corrected chi connectivity index (χ4v) is 3.57. The van der Waals surface area contributed by atoms with Crippen LogP contribution < -0.4 is 10.5 Å². The molecule has 0 saturated heterocycles. The topological polar surface area (TPSA) is 92.3 Å². The van der Waals surface area contributed by atoms with Gasteiger partial charge in [-0.25, -0.2) is 0 Å². The second kappa shape index (κ2) is 10.1. The van der Waals surface area contributed by atoms with E-state index >= 15 is 0 Å². The van der Waals surface area contributed by atoms with Crippen LogP contribution in [0.4, 0.5) is 0 Å². The summed E-state index contributed by atoms with van der Waals surface area (Å²) in [6, 6.07) is 17.9. The summed E-state index contributed by atoms with van der Waals surface area (Å²) in [6.45, 7) is 3.03. The molecule has 29 heavy (non-hydrogen) atoms. The number of hydrogen-bond acceptors (Lipinski definition) is 6. The number of hydrogen-bond donors (Lipinski definition) is 1. The number of aromatic nitrogens is 3. The number of carbonyl (C=O) groups is 1. The van der Waals surface area contributed by atoms with Crippen molar-refractivity contribution in [1.82, 2.24) is 14.8 Å². The van der Waals surface area contributed by atoms with Crippen LogP contribution >= 0.6 is 11.8 Å². The minimum absolute atomic E-state index is 0.242. The molecule has 7 nitrogen and oxygen atoms in total. The predicted molar refractivity (Wildman–Crippen MR) is 113 cm³/mol. The van der Waals surface area contributed by atoms with Gasteiger partial charge in [0.15, 0.2) is 11.0 Å². The Kier molecular flexibility index (Phi) is 7.26. The van der Waals surface area contributed by atoms with Gasteiger partial charge in [-0.05, 0) is 18.6 Å². The number of methoxy groups -OCH3 is 1. The Morgan fingerprint density at radius 1 is 1.14 bits per heavy atom. The summed E-state index contributed by atoms with van der Waals surface area (Å²) in [5, 5.41) is 8.68. The molecule has 1 unspecified atom stereocenters. The van der Waals surface area contributed by atoms with E-state index < -0.39 is 11.2 Å². The van der Waals surface area contributed by atoms with Gasteiger partial charge in [0.05, 0.1) is 11.9 Å². The van der Waals surface area contributed by atoms with Gasteiger partial charge in [-0.15, -0.1) is 10.2 Å². The summed E-state index contributed by atoms with van der Waals surface area (Å²) < 4.78 is 13.2. The molecule has 152 valence electrons. The average Bonchev–Trinajstić information content (AvgIpc) is 3.12. The molecular formula is C21H24N4O3S. The molecule has 1 amide bonds. The number of ether oxygens (including phenoxy) is 2. The van der Waals surface area contributed by atoms with Gasteiger partial charge in [0, 0.05) is 19.2 Å². The van der Waals surface area contributed by atoms with E-state index in [-0.39, 0.29) is 6.61 Å². The fraction of sp³-hybridized carbons (Fsp3) is 0.286. The Hall–Kier alpha value is -2.84. The van der Waals surface area contributed by atoms with Gasteiger partial charge >= 0.3 is 0 Å². The molecule has 2 N–H and O–H groups in total. The molecule has 3 rings (SSSR count). The maximum absolute atomic E-state index is 11.4. The van der Waals surface area contributed by atoms with Crippen molar-refractivity contribution in [2.24, 2.45) is 5.73 Å². The lowest BCUT2D eigenvalue weighted by Crippen LogP contribution is -2.23. The van der Waals surface area contributed by atoms with Crippen molar-refractivity contribution in [2.45, 2.75) is 30.5 Å². The predicted octanol–water partition coefficient (Wildman–Crippen LogP) is 3.14. The molecule has 0 radical (unpaired) electrons. The van der Waals surface area contributed by atoms with E-state index in [1.165, 1.54) is 11.8 Å². The molecule has 0 aliphatic heterocycles. The lowest BCUT2D eigenvalue weighted by molar-refractivity contribution is -0.117. The lowest BCUT2D eigenvalue weighted by atomic mass is 10.1. The first-order valence-electron chi connectivity index (χ1n) is 9.24. The SMILES string of the molecule is COCCn1c(COc2ccccc2-c2ccccc2)nnc1SC(C)C(N)=O. The summed E-state index contributed by atoms with van der Waals surface area (Å²) in [5.74, 6) is 1.02. The van der Waals surface area contributed by atoms with Gasteiger partial charge in [0.2, 0.25) is 5.91 Å². The van der Waals surface area contributed by atoms with Crippen LogP contribution in [0.25, 0.3) is 11.1 Å². The molecule has 8 heteroatoms. The molecule has 3 aromatic rings. The van der Waals surface area contributed by atoms with Gasteiger partial charge in [0.1, 0.15) is 12.4 Å². The van der Waals surface area contributed by atoms with Crippen LogP contribution in [0.5, 0.6) is 5.75 Å². The largest absolute Gasteiger partial charge is 0.485 e. The molecule has 0 saturated carbocycles. The van der Waals surface area contributed by atoms with Crippen molar-refractivity contribution in [2.75, 3.05) is 13.7 Å². The minimum Gasteiger partial charge on any atom is -0.485 e. The smallest absolute Gasteiger partial charge is 0.230 e. The number of nitrogens with zero attached hydrogens (tertiary/aromatic N) is 3. The van der Waals surface area contributed by atoms with E-state index in [4.69, 9.17) is 15.2 Å². The number of thioether (sulfide) groups is 1. The third-order valence-corrected chi connectivity index (χ3v) is 5.42. The Morgan fingerprint density at radius 3 is 2.59 bits per heavy atom. The number of para-hydroxylation sites is 1. The van der Waals surface area contributed by atoms with Crippen LogP contribution in [0.1, 0.15) is 12.7 Å². The van der Waals surface area contributed by atoms with Gasteiger partial charge in [-0.2, -0.15) is 0 Å². The lowest BCUT2D eigenvalue weighted by Gasteiger charge is -2.14. The monoisotopic (exact) mass is 412 g/mol. The number of benzene rings is 2. The molecule has 2 aromatic carbocycles. The molecule has 0 fully saturated rings. The average molecular weight is 413 g/mol. The van der Waals surface area contributed by atoms with Crippen LogP contribution in [0, 0.1) is 0 Å². The molecule has 0 aliphatic rings. The fourth-order valence-electron chi connectivity index (χ4n) is 2.73. The number of amides is 1. The molecule has 0 aliphatic carbocycles. The molecular weight excluding hydrogens is 388 g/mol. The molecule has 1 aromatic heterocycles. The Bertz CT molecular complexity index is 946. The highest BCUT2D eigenvalue weighted by Crippen LogP contribution is 2.30. The van der Waals surface area contributed by atoms with Crippen molar-refractivity contribution in [1.29, 1.82) is 0 Å². The van der Waals surface area contributed by atoms with E-state index in [0.29, 0.717) is 24.1 Å². The third-order valence-electron chi connectivity index (χ3n) is 4.32. The van der Waals surface area contributed by atoms with Gasteiger partial charge < -0.3 is 19.8 Å². The summed E-state index contributed by atoms with van der Waals surface area (Å²) >= 11 is 1.27. The number of primary amides is 1. The quantitative estimate of drug-likeness (QED) is 0.514. The third kappa shape index (κ3) is 5.36. The van der Waals surface area contributed by atoms with Crippen LogP contribution in [0.15, 0.2) is 59.8 Å². The Labute approximate surface area is 174 Å². The summed E-state index contributed by atoms with van der Waals surface area (Å²) in [5.41, 5.74) is 7.47. The highest BCUT2D eigenvalue weighted by molar-refractivity contribution is 8.00. The first kappa shape index (κ1) is 20.9. The summed E-state index contributed by atoms with van der Waals surface area (Å²) in [4.78, 5) is 11.4. The molecule has 0 bridgehead atoms. The second-order valence-electron chi connectivity index (χ2n) is 6.36. The van der Waals surface area contributed by atoms with Crippen LogP contribution in [-0.2, 0) is 22.7 Å². The van der Waals surface area contributed by atoms with Crippen molar-refractivity contribution in [3.63, 3.8) is 0 Å². The Balaban J connectivity index is 1.80. The van der Waals surface area contributed by atoms with Crippen molar-refractivity contribution in [3.05, 3.63) is 60.4 Å². The van der Waals surface area contributed by atoms with E-state index in [2.05, 4.69) is 10.2 Å². The minimum atomic E-state index is -0.409. The maximum atomic E-state index is 11.4. The van der Waals surface area contributed by atoms with Crippen molar-refractivity contribution >= 4 is 17.7 Å². The summed E-state index contributed by atoms with van der Waals surface area (Å²) in [7, 11) is 1.63. The number of rotatable bonds is 10. The maximum Gasteiger partial charge on any atom is 0.230 e. The van der Waals surface area contributed by atoms with Crippen molar-refractivity contribution in [3.8, 4) is 16.9 Å². The first-order chi connectivity index (χ1) is 14.1. The van der Waals surface area contributed by atoms with E-state index in [0.717, 1.165) is 16.9 Å². The van der Waals surface area contributed by atoms with Gasteiger partial charge in [0.25, 0.3) is 0 Å². The van der Waals surface area contributed by atoms with Gasteiger partial charge in [-0.3, -0.25) is 4.79 Å².